The van der Waals surface area contributed by atoms with Crippen LogP contribution in [0.15, 0.2) is 6.07 Å². The van der Waals surface area contributed by atoms with Gasteiger partial charge in [-0.25, -0.2) is 4.98 Å². The second-order valence-corrected chi connectivity index (χ2v) is 5.87. The van der Waals surface area contributed by atoms with Gasteiger partial charge in [-0.3, -0.25) is 15.0 Å². The minimum absolute atomic E-state index is 0.0660. The molecule has 116 valence electrons. The normalized spacial score (nSPS) is 22.0. The Balaban J connectivity index is 1.47. The van der Waals surface area contributed by atoms with Crippen LogP contribution in [-0.2, 0) is 4.74 Å². The van der Waals surface area contributed by atoms with E-state index in [4.69, 9.17) is 4.74 Å². The molecule has 2 aliphatic rings. The van der Waals surface area contributed by atoms with Gasteiger partial charge in [0.25, 0.3) is 5.91 Å². The molecule has 0 radical (unpaired) electrons. The molecular weight excluding hydrogens is 284 g/mol. The zero-order chi connectivity index (χ0) is 15.1. The minimum Gasteiger partial charge on any atom is -0.366 e. The zero-order valence-electron chi connectivity index (χ0n) is 12.4. The molecule has 1 saturated carbocycles. The van der Waals surface area contributed by atoms with E-state index in [0.717, 1.165) is 11.5 Å². The number of hydrogen-bond donors (Lipinski definition) is 2. The molecule has 2 aromatic rings. The lowest BCUT2D eigenvalue weighted by molar-refractivity contribution is -0.0268. The quantitative estimate of drug-likeness (QED) is 0.878. The van der Waals surface area contributed by atoms with Gasteiger partial charge in [0.05, 0.1) is 13.2 Å². The van der Waals surface area contributed by atoms with Crippen LogP contribution in [-0.4, -0.2) is 55.9 Å². The van der Waals surface area contributed by atoms with E-state index in [9.17, 15) is 4.79 Å². The van der Waals surface area contributed by atoms with Crippen molar-refractivity contribution in [3.05, 3.63) is 29.1 Å². The van der Waals surface area contributed by atoms with Gasteiger partial charge in [-0.2, -0.15) is 10.2 Å². The number of rotatable bonds is 3. The van der Waals surface area contributed by atoms with Crippen molar-refractivity contribution in [2.24, 2.45) is 0 Å². The monoisotopic (exact) mass is 302 g/mol. The van der Waals surface area contributed by atoms with Crippen molar-refractivity contribution in [2.45, 2.75) is 31.8 Å². The Morgan fingerprint density at radius 1 is 1.36 bits per heavy atom. The van der Waals surface area contributed by atoms with Gasteiger partial charge < -0.3 is 9.64 Å². The first-order valence-corrected chi connectivity index (χ1v) is 7.56. The van der Waals surface area contributed by atoms with Crippen molar-refractivity contribution >= 4 is 5.91 Å². The van der Waals surface area contributed by atoms with Gasteiger partial charge in [0.2, 0.25) is 0 Å². The van der Waals surface area contributed by atoms with Gasteiger partial charge in [-0.15, -0.1) is 0 Å². The topological polar surface area (TPSA) is 99.8 Å². The Bertz CT molecular complexity index is 689. The number of ether oxygens (including phenoxy) is 1. The number of nitrogens with one attached hydrogen (secondary N) is 2. The predicted molar refractivity (Wildman–Crippen MR) is 76.3 cm³/mol. The summed E-state index contributed by atoms with van der Waals surface area (Å²) >= 11 is 0. The van der Waals surface area contributed by atoms with Crippen LogP contribution < -0.4 is 0 Å². The fourth-order valence-electron chi connectivity index (χ4n) is 2.71. The Hall–Kier alpha value is -2.22. The third-order valence-electron chi connectivity index (χ3n) is 4.09. The van der Waals surface area contributed by atoms with Crippen LogP contribution >= 0.6 is 0 Å². The highest BCUT2D eigenvalue weighted by molar-refractivity contribution is 5.92. The van der Waals surface area contributed by atoms with Crippen LogP contribution in [0.4, 0.5) is 0 Å². The van der Waals surface area contributed by atoms with Crippen LogP contribution in [0.5, 0.6) is 0 Å². The average molecular weight is 302 g/mol. The first kappa shape index (κ1) is 13.4. The molecule has 0 unspecified atom stereocenters. The number of aromatic amines is 2. The fraction of sp³-hybridized carbons (Fsp3) is 0.571. The number of carbonyl (C=O) groups excluding carboxylic acids is 1. The lowest BCUT2D eigenvalue weighted by atomic mass is 10.2. The molecule has 0 spiro atoms. The predicted octanol–water partition coefficient (Wildman–Crippen LogP) is 0.927. The smallest absolute Gasteiger partial charge is 0.274 e. The summed E-state index contributed by atoms with van der Waals surface area (Å²) in [5.74, 6) is 1.82. The summed E-state index contributed by atoms with van der Waals surface area (Å²) in [6.07, 6.45) is 2.07. The van der Waals surface area contributed by atoms with E-state index in [1.54, 1.807) is 4.90 Å². The molecule has 0 bridgehead atoms. The Morgan fingerprint density at radius 3 is 2.95 bits per heavy atom. The van der Waals surface area contributed by atoms with Crippen LogP contribution in [0.25, 0.3) is 0 Å². The van der Waals surface area contributed by atoms with Crippen molar-refractivity contribution in [1.29, 1.82) is 0 Å². The Morgan fingerprint density at radius 2 is 2.23 bits per heavy atom. The molecule has 8 nitrogen and oxygen atoms in total. The third kappa shape index (κ3) is 2.50. The zero-order valence-corrected chi connectivity index (χ0v) is 12.4. The van der Waals surface area contributed by atoms with E-state index >= 15 is 0 Å². The fourth-order valence-corrected chi connectivity index (χ4v) is 2.71. The number of H-pyrrole nitrogens is 2. The van der Waals surface area contributed by atoms with Gasteiger partial charge >= 0.3 is 0 Å². The van der Waals surface area contributed by atoms with Crippen molar-refractivity contribution in [1.82, 2.24) is 30.3 Å². The highest BCUT2D eigenvalue weighted by atomic mass is 16.5. The SMILES string of the molecule is Cc1nc([C@@H]2CN(C(=O)c3cc(C4CC4)[nH]n3)CCO2)n[nH]1. The number of aryl methyl sites for hydroxylation is 1. The van der Waals surface area contributed by atoms with Crippen molar-refractivity contribution in [3.63, 3.8) is 0 Å². The molecule has 2 aromatic heterocycles. The Kier molecular flexibility index (Phi) is 3.18. The summed E-state index contributed by atoms with van der Waals surface area (Å²) in [6, 6.07) is 1.88. The summed E-state index contributed by atoms with van der Waals surface area (Å²) in [5, 5.41) is 14.1. The molecule has 2 N–H and O–H groups in total. The van der Waals surface area contributed by atoms with Gasteiger partial charge in [0.15, 0.2) is 5.82 Å². The molecule has 1 amide bonds. The van der Waals surface area contributed by atoms with E-state index < -0.39 is 0 Å². The Labute approximate surface area is 127 Å². The maximum atomic E-state index is 12.6. The lowest BCUT2D eigenvalue weighted by Crippen LogP contribution is -2.42. The summed E-state index contributed by atoms with van der Waals surface area (Å²) in [7, 11) is 0. The number of amides is 1. The van der Waals surface area contributed by atoms with E-state index in [1.807, 2.05) is 13.0 Å². The summed E-state index contributed by atoms with van der Waals surface area (Å²) in [4.78, 5) is 18.6. The molecule has 0 aromatic carbocycles. The van der Waals surface area contributed by atoms with Crippen molar-refractivity contribution in [2.75, 3.05) is 19.7 Å². The third-order valence-corrected chi connectivity index (χ3v) is 4.09. The molecule has 4 rings (SSSR count). The van der Waals surface area contributed by atoms with Crippen LogP contribution in [0, 0.1) is 6.92 Å². The molecule has 1 aliphatic heterocycles. The molecule has 8 heteroatoms. The van der Waals surface area contributed by atoms with Crippen LogP contribution in [0.2, 0.25) is 0 Å². The van der Waals surface area contributed by atoms with E-state index in [-0.39, 0.29) is 12.0 Å². The maximum absolute atomic E-state index is 12.6. The first-order chi connectivity index (χ1) is 10.7. The lowest BCUT2D eigenvalue weighted by Gasteiger charge is -2.31. The average Bonchev–Trinajstić information content (AvgIpc) is 3.10. The maximum Gasteiger partial charge on any atom is 0.274 e. The largest absolute Gasteiger partial charge is 0.366 e. The second kappa shape index (κ2) is 5.20. The number of hydrogen-bond acceptors (Lipinski definition) is 5. The summed E-state index contributed by atoms with van der Waals surface area (Å²) in [5.41, 5.74) is 1.55. The highest BCUT2D eigenvalue weighted by Crippen LogP contribution is 2.39. The molecule has 22 heavy (non-hydrogen) atoms. The van der Waals surface area contributed by atoms with Crippen molar-refractivity contribution < 1.29 is 9.53 Å². The van der Waals surface area contributed by atoms with Gasteiger partial charge in [0.1, 0.15) is 17.6 Å². The van der Waals surface area contributed by atoms with Crippen LogP contribution in [0.1, 0.15) is 52.7 Å². The van der Waals surface area contributed by atoms with Crippen molar-refractivity contribution in [3.8, 4) is 0 Å². The molecule has 2 fully saturated rings. The first-order valence-electron chi connectivity index (χ1n) is 7.56. The molecule has 1 saturated heterocycles. The highest BCUT2D eigenvalue weighted by Gasteiger charge is 2.31. The van der Waals surface area contributed by atoms with E-state index in [2.05, 4.69) is 25.4 Å². The number of carbonyl (C=O) groups is 1. The van der Waals surface area contributed by atoms with E-state index in [0.29, 0.717) is 37.1 Å². The standard InChI is InChI=1S/C14H18N6O2/c1-8-15-13(19-16-8)12-7-20(4-5-22-12)14(21)11-6-10(17-18-11)9-2-3-9/h6,9,12H,2-5,7H2,1H3,(H,17,18)(H,15,16,19)/t12-/m0/s1. The number of morpholine rings is 1. The molecular formula is C14H18N6O2. The molecule has 1 aliphatic carbocycles. The minimum atomic E-state index is -0.288. The molecule has 3 heterocycles. The summed E-state index contributed by atoms with van der Waals surface area (Å²) < 4.78 is 5.68. The summed E-state index contributed by atoms with van der Waals surface area (Å²) in [6.45, 7) is 3.32. The number of aromatic nitrogens is 5. The number of nitrogens with zero attached hydrogens (tertiary/aromatic N) is 4. The van der Waals surface area contributed by atoms with Gasteiger partial charge in [-0.1, -0.05) is 0 Å². The van der Waals surface area contributed by atoms with Gasteiger partial charge in [-0.05, 0) is 25.8 Å². The van der Waals surface area contributed by atoms with Crippen LogP contribution in [0.3, 0.4) is 0 Å². The molecule has 1 atom stereocenters. The second-order valence-electron chi connectivity index (χ2n) is 5.87. The van der Waals surface area contributed by atoms with E-state index in [1.165, 1.54) is 12.8 Å². The van der Waals surface area contributed by atoms with Gasteiger partial charge in [0, 0.05) is 18.2 Å².